The van der Waals surface area contributed by atoms with Crippen LogP contribution in [-0.4, -0.2) is 18.4 Å². The number of hydrogen-bond donors (Lipinski definition) is 1. The monoisotopic (exact) mass is 214 g/mol. The van der Waals surface area contributed by atoms with Crippen LogP contribution in [0, 0.1) is 13.1 Å². The molecule has 7 nitrogen and oxygen atoms in total. The smallest absolute Gasteiger partial charge is 0.363 e. The van der Waals surface area contributed by atoms with Gasteiger partial charge in [-0.25, -0.2) is 4.72 Å². The van der Waals surface area contributed by atoms with Gasteiger partial charge >= 0.3 is 10.4 Å². The molecule has 0 aliphatic rings. The molecular weight excluding hydrogens is 213 g/mol. The first-order chi connectivity index (χ1) is 6.46. The molecule has 14 heavy (non-hydrogen) atoms. The number of rotatable bonds is 2. The Balaban J connectivity index is 3.11. The van der Waals surface area contributed by atoms with Gasteiger partial charge in [0.25, 0.3) is 0 Å². The Labute approximate surface area is 78.6 Å². The fourth-order valence-corrected chi connectivity index (χ4v) is 0.938. The van der Waals surface area contributed by atoms with Crippen LogP contribution >= 0.6 is 0 Å². The van der Waals surface area contributed by atoms with E-state index in [1.54, 1.807) is 0 Å². The predicted octanol–water partition coefficient (Wildman–Crippen LogP) is 1.73. The summed E-state index contributed by atoms with van der Waals surface area (Å²) < 4.78 is 34.6. The van der Waals surface area contributed by atoms with Gasteiger partial charge in [0, 0.05) is 0 Å². The van der Waals surface area contributed by atoms with E-state index in [0.29, 0.717) is 0 Å². The highest BCUT2D eigenvalue weighted by atomic mass is 32.3. The van der Waals surface area contributed by atoms with Crippen molar-refractivity contribution in [3.63, 3.8) is 0 Å². The van der Waals surface area contributed by atoms with Crippen molar-refractivity contribution in [2.24, 2.45) is 0 Å². The van der Waals surface area contributed by atoms with Crippen molar-refractivity contribution in [2.75, 3.05) is 0 Å². The topological polar surface area (TPSA) is 85.6 Å². The van der Waals surface area contributed by atoms with Crippen molar-refractivity contribution in [1.82, 2.24) is 9.97 Å². The first kappa shape index (κ1) is 9.95. The largest absolute Gasteiger partial charge is 0.413 e. The first-order valence-electron chi connectivity index (χ1n) is 2.99. The average molecular weight is 214 g/mol. The fourth-order valence-electron chi connectivity index (χ4n) is 0.645. The van der Waals surface area contributed by atoms with Gasteiger partial charge in [0.1, 0.15) is 5.82 Å². The normalized spacial score (nSPS) is 10.2. The third-order valence-corrected chi connectivity index (χ3v) is 1.46. The van der Waals surface area contributed by atoms with Crippen molar-refractivity contribution in [1.29, 1.82) is 0 Å². The summed E-state index contributed by atoms with van der Waals surface area (Å²) in [6.45, 7) is 13.1. The molecule has 0 fully saturated rings. The molecule has 1 aromatic heterocycles. The lowest BCUT2D eigenvalue weighted by Crippen LogP contribution is -1.85. The second-order valence-corrected chi connectivity index (χ2v) is 2.97. The van der Waals surface area contributed by atoms with E-state index < -0.39 is 16.4 Å². The van der Waals surface area contributed by atoms with E-state index in [-0.39, 0.29) is 11.6 Å². The predicted molar refractivity (Wildman–Crippen MR) is 44.2 cm³/mol. The molecule has 1 aromatic rings. The van der Waals surface area contributed by atoms with Gasteiger partial charge in [-0.05, 0) is 0 Å². The molecule has 0 aliphatic carbocycles. The number of nitrogens with one attached hydrogen (secondary N) is 1. The zero-order valence-corrected chi connectivity index (χ0v) is 7.21. The van der Waals surface area contributed by atoms with E-state index in [0.717, 1.165) is 0 Å². The van der Waals surface area contributed by atoms with E-state index in [4.69, 9.17) is 13.1 Å². The maximum atomic E-state index is 12.0. The number of aromatic amines is 1. The number of halogens is 1. The van der Waals surface area contributed by atoms with Crippen molar-refractivity contribution in [3.8, 4) is 0 Å². The van der Waals surface area contributed by atoms with Crippen molar-refractivity contribution < 1.29 is 12.3 Å². The average Bonchev–Trinajstić information content (AvgIpc) is 2.43. The number of imidazole rings is 1. The third-order valence-electron chi connectivity index (χ3n) is 1.07. The van der Waals surface area contributed by atoms with Gasteiger partial charge in [-0.3, -0.25) is 0 Å². The van der Waals surface area contributed by atoms with E-state index in [1.165, 1.54) is 0 Å². The van der Waals surface area contributed by atoms with Crippen LogP contribution in [0.25, 0.3) is 14.4 Å². The van der Waals surface area contributed by atoms with Crippen LogP contribution in [-0.2, 0) is 10.4 Å². The van der Waals surface area contributed by atoms with Gasteiger partial charge in [-0.1, -0.05) is 17.0 Å². The van der Waals surface area contributed by atoms with Gasteiger partial charge < -0.3 is 19.7 Å². The van der Waals surface area contributed by atoms with Crippen LogP contribution in [0.4, 0.5) is 21.5 Å². The summed E-state index contributed by atoms with van der Waals surface area (Å²) in [6, 6.07) is 0. The Morgan fingerprint density at radius 1 is 1.43 bits per heavy atom. The molecule has 0 bridgehead atoms. The summed E-state index contributed by atoms with van der Waals surface area (Å²) >= 11 is 0. The van der Waals surface area contributed by atoms with Crippen LogP contribution in [0.3, 0.4) is 0 Å². The van der Waals surface area contributed by atoms with Crippen molar-refractivity contribution in [2.45, 2.75) is 0 Å². The number of nitrogens with zero attached hydrogens (tertiary/aromatic N) is 4. The lowest BCUT2D eigenvalue weighted by Gasteiger charge is -1.96. The van der Waals surface area contributed by atoms with Crippen LogP contribution < -0.4 is 0 Å². The quantitative estimate of drug-likeness (QED) is 0.600. The second kappa shape index (κ2) is 3.32. The molecule has 0 atom stereocenters. The molecule has 0 saturated heterocycles. The Morgan fingerprint density at radius 2 is 2.07 bits per heavy atom. The molecule has 0 amide bonds. The van der Waals surface area contributed by atoms with Crippen molar-refractivity contribution >= 4 is 28.0 Å². The SMILES string of the molecule is [C-]#[N+]c1nc([N-]S(=O)(=O)F)[nH]c1[N+]#[C-]. The van der Waals surface area contributed by atoms with Gasteiger partial charge in [-0.15, -0.1) is 0 Å². The molecule has 0 radical (unpaired) electrons. The fraction of sp³-hybridized carbons (Fsp3) is 0. The molecule has 0 unspecified atom stereocenters. The maximum Gasteiger partial charge on any atom is 0.363 e. The van der Waals surface area contributed by atoms with Gasteiger partial charge in [-0.2, -0.15) is 8.42 Å². The highest BCUT2D eigenvalue weighted by molar-refractivity contribution is 7.89. The van der Waals surface area contributed by atoms with Gasteiger partial charge in [0.15, 0.2) is 5.95 Å². The molecule has 1 heterocycles. The number of H-pyrrole nitrogens is 1. The zero-order valence-electron chi connectivity index (χ0n) is 6.39. The molecule has 1 rings (SSSR count). The molecule has 1 N–H and O–H groups in total. The standard InChI is InChI=1S/C5HFN5O2S/c1-7-3-4(8-2)10-5(9-3)11-14(6,12)13/h(H-,9,10,11)/q-1. The summed E-state index contributed by atoms with van der Waals surface area (Å²) in [7, 11) is -5.07. The van der Waals surface area contributed by atoms with Crippen LogP contribution in [0.15, 0.2) is 0 Å². The van der Waals surface area contributed by atoms with Crippen LogP contribution in [0.1, 0.15) is 0 Å². The minimum atomic E-state index is -5.07. The van der Waals surface area contributed by atoms with E-state index in [2.05, 4.69) is 24.4 Å². The highest BCUT2D eigenvalue weighted by Crippen LogP contribution is 2.31. The summed E-state index contributed by atoms with van der Waals surface area (Å²) in [4.78, 5) is 11.0. The summed E-state index contributed by atoms with van der Waals surface area (Å²) in [5.74, 6) is -1.24. The van der Waals surface area contributed by atoms with E-state index in [1.807, 2.05) is 0 Å². The lowest BCUT2D eigenvalue weighted by atomic mass is 10.7. The Kier molecular flexibility index (Phi) is 2.36. The minimum absolute atomic E-state index is 0.276. The second-order valence-electron chi connectivity index (χ2n) is 1.96. The van der Waals surface area contributed by atoms with Gasteiger partial charge in [0.2, 0.25) is 5.82 Å². The van der Waals surface area contributed by atoms with Crippen LogP contribution in [0.2, 0.25) is 0 Å². The molecule has 0 spiro atoms. The number of hydrogen-bond acceptors (Lipinski definition) is 3. The van der Waals surface area contributed by atoms with Crippen molar-refractivity contribution in [3.05, 3.63) is 27.6 Å². The third kappa shape index (κ3) is 2.18. The minimum Gasteiger partial charge on any atom is -0.413 e. The van der Waals surface area contributed by atoms with E-state index in [9.17, 15) is 12.3 Å². The summed E-state index contributed by atoms with van der Waals surface area (Å²) in [5, 5.41) is 0. The maximum absolute atomic E-state index is 12.0. The number of aromatic nitrogens is 2. The van der Waals surface area contributed by atoms with Gasteiger partial charge in [0.05, 0.1) is 0 Å². The Bertz CT molecular complexity index is 502. The lowest BCUT2D eigenvalue weighted by molar-refractivity contribution is 0.561. The molecule has 0 aromatic carbocycles. The van der Waals surface area contributed by atoms with E-state index >= 15 is 0 Å². The Morgan fingerprint density at radius 3 is 2.43 bits per heavy atom. The summed E-state index contributed by atoms with van der Waals surface area (Å²) in [6.07, 6.45) is 0. The molecule has 72 valence electrons. The first-order valence-corrected chi connectivity index (χ1v) is 4.33. The summed E-state index contributed by atoms with van der Waals surface area (Å²) in [5.41, 5.74) is 0. The molecule has 9 heteroatoms. The molecule has 0 saturated carbocycles. The zero-order chi connectivity index (χ0) is 10.8. The molecule has 0 aliphatic heterocycles. The Hall–Kier alpha value is -2.13. The highest BCUT2D eigenvalue weighted by Gasteiger charge is 2.08. The van der Waals surface area contributed by atoms with Crippen LogP contribution in [0.5, 0.6) is 0 Å². The molecular formula is C5HFN5O2S-.